The highest BCUT2D eigenvalue weighted by atomic mass is 35.5. The van der Waals surface area contributed by atoms with Crippen LogP contribution in [0.5, 0.6) is 0 Å². The lowest BCUT2D eigenvalue weighted by Gasteiger charge is -2.41. The van der Waals surface area contributed by atoms with Crippen molar-refractivity contribution in [1.29, 1.82) is 0 Å². The molecule has 0 aliphatic carbocycles. The zero-order chi connectivity index (χ0) is 29.9. The second kappa shape index (κ2) is 12.8. The van der Waals surface area contributed by atoms with Crippen molar-refractivity contribution in [1.82, 2.24) is 9.62 Å². The van der Waals surface area contributed by atoms with Crippen LogP contribution in [0.4, 0.5) is 0 Å². The number of benzene rings is 3. The first-order valence-electron chi connectivity index (χ1n) is 13.2. The largest absolute Gasteiger partial charge is 0.480 e. The average molecular weight is 616 g/mol. The first-order chi connectivity index (χ1) is 19.4. The zero-order valence-electron chi connectivity index (χ0n) is 22.9. The van der Waals surface area contributed by atoms with Crippen molar-refractivity contribution < 1.29 is 23.1 Å². The Morgan fingerprint density at radius 1 is 0.976 bits per heavy atom. The molecule has 2 N–H and O–H groups in total. The van der Waals surface area contributed by atoms with Crippen molar-refractivity contribution in [3.63, 3.8) is 0 Å². The molecule has 1 amide bonds. The number of nitrogens with one attached hydrogen (secondary N) is 1. The number of hydrogen-bond acceptors (Lipinski definition) is 4. The molecule has 2 unspecified atom stereocenters. The van der Waals surface area contributed by atoms with Crippen LogP contribution in [-0.2, 0) is 19.6 Å². The normalized spacial score (nSPS) is 18.5. The van der Waals surface area contributed by atoms with Crippen molar-refractivity contribution in [3.8, 4) is 0 Å². The van der Waals surface area contributed by atoms with Gasteiger partial charge in [0.15, 0.2) is 0 Å². The van der Waals surface area contributed by atoms with E-state index in [4.69, 9.17) is 23.2 Å². The van der Waals surface area contributed by atoms with Gasteiger partial charge in [-0.3, -0.25) is 4.79 Å². The van der Waals surface area contributed by atoms with Crippen LogP contribution < -0.4 is 5.32 Å². The molecule has 1 aliphatic heterocycles. The Morgan fingerprint density at radius 2 is 1.66 bits per heavy atom. The number of nitrogens with zero attached hydrogens (tertiary/aromatic N) is 1. The molecule has 0 fully saturated rings. The van der Waals surface area contributed by atoms with Crippen LogP contribution in [0, 0.1) is 12.8 Å². The molecule has 10 heteroatoms. The van der Waals surface area contributed by atoms with Gasteiger partial charge < -0.3 is 10.4 Å². The van der Waals surface area contributed by atoms with Gasteiger partial charge in [-0.1, -0.05) is 85.6 Å². The number of carbonyl (C=O) groups excluding carboxylic acids is 1. The SMILES string of the molecule is Cc1ccccc1S(=O)(=O)N1C(c2ccc(Cl)cc2)CC=C(C(=O)N[C@@H](CC(C)C)C(=O)O)C1c1cccc(Cl)c1. The van der Waals surface area contributed by atoms with E-state index in [1.807, 2.05) is 13.8 Å². The maximum Gasteiger partial charge on any atom is 0.326 e. The summed E-state index contributed by atoms with van der Waals surface area (Å²) in [6.07, 6.45) is 2.08. The third-order valence-corrected chi connectivity index (χ3v) is 9.58. The summed E-state index contributed by atoms with van der Waals surface area (Å²) in [5.74, 6) is -1.80. The molecule has 1 heterocycles. The summed E-state index contributed by atoms with van der Waals surface area (Å²) in [4.78, 5) is 25.9. The van der Waals surface area contributed by atoms with Crippen LogP contribution >= 0.6 is 23.2 Å². The molecule has 0 saturated carbocycles. The number of carboxylic acid groups (broad SMARTS) is 1. The number of carbonyl (C=O) groups is 2. The monoisotopic (exact) mass is 614 g/mol. The average Bonchev–Trinajstić information content (AvgIpc) is 2.92. The summed E-state index contributed by atoms with van der Waals surface area (Å²) in [6.45, 7) is 5.45. The fourth-order valence-electron chi connectivity index (χ4n) is 5.16. The van der Waals surface area contributed by atoms with Crippen LogP contribution in [0.3, 0.4) is 0 Å². The molecule has 3 aromatic rings. The topological polar surface area (TPSA) is 104 Å². The number of carboxylic acids is 1. The van der Waals surface area contributed by atoms with E-state index in [2.05, 4.69) is 5.32 Å². The molecule has 1 aliphatic rings. The Hall–Kier alpha value is -3.17. The first-order valence-corrected chi connectivity index (χ1v) is 15.4. The number of rotatable bonds is 9. The minimum absolute atomic E-state index is 0.00711. The van der Waals surface area contributed by atoms with Gasteiger partial charge in [0.2, 0.25) is 15.9 Å². The molecule has 0 aromatic heterocycles. The molecular formula is C31H32Cl2N2O5S. The van der Waals surface area contributed by atoms with Gasteiger partial charge in [-0.05, 0) is 72.7 Å². The molecule has 0 saturated heterocycles. The van der Waals surface area contributed by atoms with E-state index in [1.165, 1.54) is 4.31 Å². The van der Waals surface area contributed by atoms with Crippen LogP contribution in [0.15, 0.2) is 89.3 Å². The number of sulfonamides is 1. The molecule has 0 bridgehead atoms. The number of halogens is 2. The predicted octanol–water partition coefficient (Wildman–Crippen LogP) is 6.72. The standard InChI is InChI=1S/C31H32Cl2N2O5S/c1-19(2)17-26(31(37)38)34-30(36)25-15-16-27(21-11-13-23(32)14-12-21)35(29(25)22-8-6-9-24(33)18-22)41(39,40)28-10-5-4-7-20(28)3/h4-15,18-19,26-27,29H,16-17H2,1-3H3,(H,34,36)(H,37,38)/t26-,27?,29?/m0/s1. The molecule has 3 aromatic carbocycles. The lowest BCUT2D eigenvalue weighted by atomic mass is 9.88. The van der Waals surface area contributed by atoms with Crippen molar-refractivity contribution in [2.45, 2.75) is 56.6 Å². The first kappa shape index (κ1) is 30.8. The highest BCUT2D eigenvalue weighted by Gasteiger charge is 2.45. The summed E-state index contributed by atoms with van der Waals surface area (Å²) in [5, 5.41) is 13.3. The predicted molar refractivity (Wildman–Crippen MR) is 160 cm³/mol. The van der Waals surface area contributed by atoms with E-state index in [-0.39, 0.29) is 29.2 Å². The summed E-state index contributed by atoms with van der Waals surface area (Å²) in [7, 11) is -4.22. The van der Waals surface area contributed by atoms with Gasteiger partial charge in [-0.25, -0.2) is 13.2 Å². The molecule has 0 spiro atoms. The quantitative estimate of drug-likeness (QED) is 0.278. The van der Waals surface area contributed by atoms with E-state index in [0.717, 1.165) is 0 Å². The Kier molecular flexibility index (Phi) is 9.59. The number of aryl methyl sites for hydroxylation is 1. The summed E-state index contributed by atoms with van der Waals surface area (Å²) < 4.78 is 30.5. The molecule has 4 rings (SSSR count). The second-order valence-corrected chi connectivity index (χ2v) is 13.2. The molecule has 41 heavy (non-hydrogen) atoms. The third kappa shape index (κ3) is 6.84. The third-order valence-electron chi connectivity index (χ3n) is 7.06. The maximum atomic E-state index is 14.6. The van der Waals surface area contributed by atoms with Gasteiger partial charge in [-0.15, -0.1) is 0 Å². The lowest BCUT2D eigenvalue weighted by molar-refractivity contribution is -0.141. The van der Waals surface area contributed by atoms with E-state index in [1.54, 1.807) is 85.8 Å². The van der Waals surface area contributed by atoms with Crippen LogP contribution in [0.25, 0.3) is 0 Å². The van der Waals surface area contributed by atoms with Crippen molar-refractivity contribution in [2.75, 3.05) is 0 Å². The smallest absolute Gasteiger partial charge is 0.326 e. The van der Waals surface area contributed by atoms with Gasteiger partial charge >= 0.3 is 5.97 Å². The van der Waals surface area contributed by atoms with E-state index in [9.17, 15) is 23.1 Å². The molecule has 7 nitrogen and oxygen atoms in total. The second-order valence-electron chi connectivity index (χ2n) is 10.5. The minimum atomic E-state index is -4.22. The van der Waals surface area contributed by atoms with Crippen LogP contribution in [-0.4, -0.2) is 35.7 Å². The number of hydrogen-bond donors (Lipinski definition) is 2. The number of amides is 1. The fraction of sp³-hybridized carbons (Fsp3) is 0.290. The van der Waals surface area contributed by atoms with Gasteiger partial charge in [0.25, 0.3) is 0 Å². The summed E-state index contributed by atoms with van der Waals surface area (Å²) in [6, 6.07) is 17.4. The van der Waals surface area contributed by atoms with Crippen molar-refractivity contribution in [3.05, 3.63) is 111 Å². The molecule has 0 radical (unpaired) electrons. The highest BCUT2D eigenvalue weighted by Crippen LogP contribution is 2.46. The Labute approximate surface area is 250 Å². The van der Waals surface area contributed by atoms with E-state index < -0.39 is 40.0 Å². The Balaban J connectivity index is 1.94. The number of aliphatic carboxylic acids is 1. The van der Waals surface area contributed by atoms with Crippen molar-refractivity contribution >= 4 is 45.1 Å². The highest BCUT2D eigenvalue weighted by molar-refractivity contribution is 7.89. The Morgan fingerprint density at radius 3 is 2.27 bits per heavy atom. The molecule has 3 atom stereocenters. The van der Waals surface area contributed by atoms with Gasteiger partial charge in [0, 0.05) is 15.6 Å². The summed E-state index contributed by atoms with van der Waals surface area (Å²) >= 11 is 12.5. The van der Waals surface area contributed by atoms with E-state index in [0.29, 0.717) is 26.7 Å². The van der Waals surface area contributed by atoms with Crippen molar-refractivity contribution in [2.24, 2.45) is 5.92 Å². The minimum Gasteiger partial charge on any atom is -0.480 e. The molecule has 216 valence electrons. The fourth-order valence-corrected chi connectivity index (χ4v) is 7.49. The Bertz CT molecular complexity index is 1570. The maximum absolute atomic E-state index is 14.6. The lowest BCUT2D eigenvalue weighted by Crippen LogP contribution is -2.47. The van der Waals surface area contributed by atoms with E-state index >= 15 is 0 Å². The van der Waals surface area contributed by atoms with Gasteiger partial charge in [-0.2, -0.15) is 4.31 Å². The summed E-state index contributed by atoms with van der Waals surface area (Å²) in [5.41, 5.74) is 1.85. The van der Waals surface area contributed by atoms with Gasteiger partial charge in [0.1, 0.15) is 6.04 Å². The van der Waals surface area contributed by atoms with Gasteiger partial charge in [0.05, 0.1) is 17.0 Å². The van der Waals surface area contributed by atoms with Crippen LogP contribution in [0.2, 0.25) is 10.0 Å². The zero-order valence-corrected chi connectivity index (χ0v) is 25.2. The molecular weight excluding hydrogens is 583 g/mol. The van der Waals surface area contributed by atoms with Crippen LogP contribution in [0.1, 0.15) is 55.5 Å².